The topological polar surface area (TPSA) is 99.6 Å². The summed E-state index contributed by atoms with van der Waals surface area (Å²) >= 11 is 3.41. The van der Waals surface area contributed by atoms with Gasteiger partial charge in [0.25, 0.3) is 5.56 Å². The summed E-state index contributed by atoms with van der Waals surface area (Å²) in [6.45, 7) is -0.0233. The fourth-order valence-electron chi connectivity index (χ4n) is 4.69. The molecule has 0 aliphatic heterocycles. The summed E-state index contributed by atoms with van der Waals surface area (Å²) in [6.07, 6.45) is 6.54. The first-order valence-corrected chi connectivity index (χ1v) is 13.1. The van der Waals surface area contributed by atoms with E-state index in [1.807, 2.05) is 12.1 Å². The molecule has 1 heterocycles. The van der Waals surface area contributed by atoms with Gasteiger partial charge in [-0.15, -0.1) is 0 Å². The molecule has 0 atom stereocenters. The van der Waals surface area contributed by atoms with E-state index in [0.717, 1.165) is 36.6 Å². The molecule has 1 aliphatic carbocycles. The van der Waals surface area contributed by atoms with Crippen LogP contribution in [0, 0.1) is 15.9 Å². The van der Waals surface area contributed by atoms with Crippen molar-refractivity contribution in [1.82, 2.24) is 9.66 Å². The van der Waals surface area contributed by atoms with E-state index >= 15 is 0 Å². The molecule has 38 heavy (non-hydrogen) atoms. The van der Waals surface area contributed by atoms with Gasteiger partial charge in [-0.2, -0.15) is 9.78 Å². The zero-order valence-electron chi connectivity index (χ0n) is 20.3. The lowest BCUT2D eigenvalue weighted by molar-refractivity contribution is -0.385. The van der Waals surface area contributed by atoms with Gasteiger partial charge in [-0.25, -0.2) is 9.37 Å². The number of aromatic nitrogens is 2. The lowest BCUT2D eigenvalue weighted by atomic mass is 9.88. The van der Waals surface area contributed by atoms with Crippen molar-refractivity contribution < 1.29 is 14.1 Å². The Balaban J connectivity index is 1.49. The second-order valence-electron chi connectivity index (χ2n) is 9.23. The lowest BCUT2D eigenvalue weighted by Crippen LogP contribution is -2.25. The molecule has 1 aromatic heterocycles. The number of rotatable bonds is 7. The zero-order chi connectivity index (χ0) is 26.6. The molecule has 5 rings (SSSR count). The largest absolute Gasteiger partial charge is 0.482 e. The highest BCUT2D eigenvalue weighted by Crippen LogP contribution is 2.32. The summed E-state index contributed by atoms with van der Waals surface area (Å²) in [5.41, 5.74) is 1.03. The van der Waals surface area contributed by atoms with Crippen LogP contribution in [0.15, 0.2) is 75.0 Å². The van der Waals surface area contributed by atoms with E-state index < -0.39 is 10.7 Å². The van der Waals surface area contributed by atoms with Crippen molar-refractivity contribution in [3.63, 3.8) is 0 Å². The van der Waals surface area contributed by atoms with Gasteiger partial charge in [-0.1, -0.05) is 47.3 Å². The van der Waals surface area contributed by atoms with E-state index in [0.29, 0.717) is 27.9 Å². The third kappa shape index (κ3) is 5.65. The van der Waals surface area contributed by atoms with Crippen molar-refractivity contribution in [3.8, 4) is 5.75 Å². The molecule has 0 N–H and O–H groups in total. The van der Waals surface area contributed by atoms with Crippen molar-refractivity contribution in [2.75, 3.05) is 0 Å². The maximum absolute atomic E-state index is 13.5. The molecule has 1 aliphatic rings. The maximum atomic E-state index is 13.5. The standard InChI is InChI=1S/C28H24BrFN4O4/c29-21-10-11-24-23(15-21)28(35)33(27(32-24)20-6-2-1-3-7-20)31-16-18-9-12-26(25(14-18)34(36)37)38-17-19-5-4-8-22(30)13-19/h4-5,8-16,20H,1-3,6-7,17H2. The Kier molecular flexibility index (Phi) is 7.59. The lowest BCUT2D eigenvalue weighted by Gasteiger charge is -2.22. The van der Waals surface area contributed by atoms with Crippen LogP contribution in [-0.4, -0.2) is 20.8 Å². The van der Waals surface area contributed by atoms with E-state index in [2.05, 4.69) is 21.0 Å². The molecule has 0 amide bonds. The predicted molar refractivity (Wildman–Crippen MR) is 146 cm³/mol. The molecule has 0 bridgehead atoms. The number of fused-ring (bicyclic) bond motifs is 1. The monoisotopic (exact) mass is 578 g/mol. The van der Waals surface area contributed by atoms with Gasteiger partial charge in [0.15, 0.2) is 5.75 Å². The van der Waals surface area contributed by atoms with Gasteiger partial charge in [-0.05, 0) is 60.9 Å². The fourth-order valence-corrected chi connectivity index (χ4v) is 5.06. The molecule has 10 heteroatoms. The summed E-state index contributed by atoms with van der Waals surface area (Å²) in [7, 11) is 0. The second-order valence-corrected chi connectivity index (χ2v) is 10.1. The number of hydrogen-bond acceptors (Lipinski definition) is 6. The quantitative estimate of drug-likeness (QED) is 0.138. The molecule has 0 radical (unpaired) electrons. The van der Waals surface area contributed by atoms with Gasteiger partial charge < -0.3 is 4.74 Å². The highest BCUT2D eigenvalue weighted by Gasteiger charge is 2.23. The smallest absolute Gasteiger partial charge is 0.311 e. The van der Waals surface area contributed by atoms with Crippen LogP contribution in [0.2, 0.25) is 0 Å². The normalized spacial score (nSPS) is 14.3. The van der Waals surface area contributed by atoms with Crippen molar-refractivity contribution in [2.24, 2.45) is 5.10 Å². The first-order valence-electron chi connectivity index (χ1n) is 12.3. The predicted octanol–water partition coefficient (Wildman–Crippen LogP) is 6.72. The van der Waals surface area contributed by atoms with Crippen molar-refractivity contribution in [3.05, 3.63) is 108 Å². The van der Waals surface area contributed by atoms with Gasteiger partial charge in [-0.3, -0.25) is 14.9 Å². The second kappa shape index (κ2) is 11.2. The van der Waals surface area contributed by atoms with Gasteiger partial charge in [0.1, 0.15) is 18.2 Å². The minimum Gasteiger partial charge on any atom is -0.482 e. The Morgan fingerprint density at radius 1 is 1.13 bits per heavy atom. The van der Waals surface area contributed by atoms with Crippen LogP contribution < -0.4 is 10.3 Å². The van der Waals surface area contributed by atoms with Gasteiger partial charge in [0.2, 0.25) is 0 Å². The van der Waals surface area contributed by atoms with Crippen molar-refractivity contribution in [1.29, 1.82) is 0 Å². The summed E-state index contributed by atoms with van der Waals surface area (Å²) < 4.78 is 21.1. The van der Waals surface area contributed by atoms with E-state index in [9.17, 15) is 19.3 Å². The Morgan fingerprint density at radius 2 is 1.95 bits per heavy atom. The minimum absolute atomic E-state index is 0.0233. The van der Waals surface area contributed by atoms with Crippen LogP contribution in [-0.2, 0) is 6.61 Å². The van der Waals surface area contributed by atoms with Crippen LogP contribution >= 0.6 is 15.9 Å². The van der Waals surface area contributed by atoms with Crippen LogP contribution in [0.25, 0.3) is 10.9 Å². The van der Waals surface area contributed by atoms with E-state index in [1.54, 1.807) is 24.3 Å². The fraction of sp³-hybridized carbons (Fsp3) is 0.250. The van der Waals surface area contributed by atoms with Gasteiger partial charge >= 0.3 is 5.69 Å². The molecule has 0 saturated heterocycles. The van der Waals surface area contributed by atoms with E-state index in [-0.39, 0.29) is 29.5 Å². The first-order chi connectivity index (χ1) is 18.4. The number of nitrogens with zero attached hydrogens (tertiary/aromatic N) is 4. The number of benzene rings is 3. The Bertz CT molecular complexity index is 1600. The highest BCUT2D eigenvalue weighted by atomic mass is 79.9. The van der Waals surface area contributed by atoms with Crippen LogP contribution in [0.4, 0.5) is 10.1 Å². The van der Waals surface area contributed by atoms with E-state index in [1.165, 1.54) is 35.2 Å². The number of halogens is 2. The molecular formula is C28H24BrFN4O4. The third-order valence-corrected chi connectivity index (χ3v) is 7.08. The molecule has 194 valence electrons. The average Bonchev–Trinajstić information content (AvgIpc) is 2.92. The summed E-state index contributed by atoms with van der Waals surface area (Å²) in [4.78, 5) is 29.5. The molecule has 1 fully saturated rings. The SMILES string of the molecule is O=c1c2cc(Br)ccc2nc(C2CCCCC2)n1N=Cc1ccc(OCc2cccc(F)c2)c([N+](=O)[O-])c1. The molecule has 4 aromatic rings. The Hall–Kier alpha value is -3.92. The number of nitro groups is 1. The molecule has 0 spiro atoms. The van der Waals surface area contributed by atoms with Crippen LogP contribution in [0.3, 0.4) is 0 Å². The average molecular weight is 579 g/mol. The molecule has 8 nitrogen and oxygen atoms in total. The summed E-state index contributed by atoms with van der Waals surface area (Å²) in [5, 5.41) is 16.7. The Labute approximate surface area is 226 Å². The molecular weight excluding hydrogens is 555 g/mol. The minimum atomic E-state index is -0.549. The number of ether oxygens (including phenoxy) is 1. The highest BCUT2D eigenvalue weighted by molar-refractivity contribution is 9.10. The first kappa shape index (κ1) is 25.7. The van der Waals surface area contributed by atoms with Crippen molar-refractivity contribution >= 4 is 38.7 Å². The maximum Gasteiger partial charge on any atom is 0.311 e. The summed E-state index contributed by atoms with van der Waals surface area (Å²) in [5.74, 6) is 0.346. The molecule has 0 unspecified atom stereocenters. The molecule has 3 aromatic carbocycles. The number of hydrogen-bond donors (Lipinski definition) is 0. The van der Waals surface area contributed by atoms with E-state index in [4.69, 9.17) is 9.72 Å². The zero-order valence-corrected chi connectivity index (χ0v) is 21.9. The van der Waals surface area contributed by atoms with Crippen LogP contribution in [0.1, 0.15) is 55.0 Å². The van der Waals surface area contributed by atoms with Gasteiger partial charge in [0, 0.05) is 22.0 Å². The van der Waals surface area contributed by atoms with Gasteiger partial charge in [0.05, 0.1) is 22.0 Å². The van der Waals surface area contributed by atoms with Crippen molar-refractivity contribution in [2.45, 2.75) is 44.6 Å². The third-order valence-electron chi connectivity index (χ3n) is 6.59. The van der Waals surface area contributed by atoms with Crippen LogP contribution in [0.5, 0.6) is 5.75 Å². The number of nitro benzene ring substituents is 1. The Morgan fingerprint density at radius 3 is 2.71 bits per heavy atom. The summed E-state index contributed by atoms with van der Waals surface area (Å²) in [6, 6.07) is 15.7. The molecule has 1 saturated carbocycles.